The van der Waals surface area contributed by atoms with Crippen LogP contribution < -0.4 is 15.6 Å². The minimum Gasteiger partial charge on any atom is -0.118 e. The fourth-order valence-corrected chi connectivity index (χ4v) is 10.6. The van der Waals surface area contributed by atoms with Gasteiger partial charge in [-0.1, -0.05) is 115 Å². The van der Waals surface area contributed by atoms with E-state index < -0.39 is 8.07 Å². The number of rotatable bonds is 6. The molecule has 0 aromatic heterocycles. The van der Waals surface area contributed by atoms with Crippen molar-refractivity contribution in [2.45, 2.75) is 37.5 Å². The summed E-state index contributed by atoms with van der Waals surface area (Å²) in [7, 11) is -2.50. The largest absolute Gasteiger partial charge is 0.176 e. The smallest absolute Gasteiger partial charge is 0.118 e. The lowest BCUT2D eigenvalue weighted by atomic mass is 9.86. The van der Waals surface area contributed by atoms with Crippen LogP contribution in [0.25, 0.3) is 0 Å². The molecule has 0 aliphatic heterocycles. The van der Waals surface area contributed by atoms with Gasteiger partial charge in [0.1, 0.15) is 0 Å². The third-order valence-corrected chi connectivity index (χ3v) is 12.2. The van der Waals surface area contributed by atoms with E-state index in [1.807, 2.05) is 0 Å². The second-order valence-electron chi connectivity index (χ2n) is 8.17. The van der Waals surface area contributed by atoms with Crippen LogP contribution in [0.5, 0.6) is 0 Å². The number of hydrogen-bond donors (Lipinski definition) is 0. The summed E-state index contributed by atoms with van der Waals surface area (Å²) >= 11 is 7.28. The Labute approximate surface area is 181 Å². The van der Waals surface area contributed by atoms with Crippen LogP contribution in [0.3, 0.4) is 0 Å². The molecule has 0 heterocycles. The van der Waals surface area contributed by atoms with E-state index in [4.69, 9.17) is 18.2 Å². The van der Waals surface area contributed by atoms with Gasteiger partial charge in [0.25, 0.3) is 0 Å². The molecule has 1 aliphatic rings. The molecule has 1 unspecified atom stereocenters. The number of benzene rings is 3. The SMILES string of the molecule is C=C(C(Cl)C1CCCCC1)[Si](c1ccccc1)(c1ccccc1)c1ccccc1. The summed E-state index contributed by atoms with van der Waals surface area (Å²) in [5.41, 5.74) is 0. The number of hydrogen-bond acceptors (Lipinski definition) is 0. The van der Waals surface area contributed by atoms with E-state index in [1.54, 1.807) is 0 Å². The summed E-state index contributed by atoms with van der Waals surface area (Å²) in [6.45, 7) is 4.76. The van der Waals surface area contributed by atoms with Crippen molar-refractivity contribution >= 4 is 35.2 Å². The minimum absolute atomic E-state index is 0.00239. The molecule has 4 rings (SSSR count). The zero-order chi connectivity index (χ0) is 20.1. The van der Waals surface area contributed by atoms with Gasteiger partial charge < -0.3 is 0 Å². The highest BCUT2D eigenvalue weighted by Gasteiger charge is 2.45. The Kier molecular flexibility index (Phi) is 6.37. The van der Waals surface area contributed by atoms with Crippen molar-refractivity contribution in [1.82, 2.24) is 0 Å². The van der Waals surface area contributed by atoms with E-state index in [9.17, 15) is 0 Å². The summed E-state index contributed by atoms with van der Waals surface area (Å²) in [4.78, 5) is 0. The van der Waals surface area contributed by atoms with Crippen LogP contribution >= 0.6 is 11.6 Å². The molecule has 1 aliphatic carbocycles. The molecule has 0 radical (unpaired) electrons. The van der Waals surface area contributed by atoms with Gasteiger partial charge in [-0.3, -0.25) is 0 Å². The third kappa shape index (κ3) is 3.86. The van der Waals surface area contributed by atoms with Gasteiger partial charge in [-0.05, 0) is 34.3 Å². The van der Waals surface area contributed by atoms with Crippen molar-refractivity contribution in [2.75, 3.05) is 0 Å². The third-order valence-electron chi connectivity index (χ3n) is 6.50. The molecule has 0 bridgehead atoms. The van der Waals surface area contributed by atoms with Crippen LogP contribution in [0, 0.1) is 5.92 Å². The molecule has 2 heteroatoms. The van der Waals surface area contributed by atoms with E-state index in [-0.39, 0.29) is 5.38 Å². The molecule has 0 nitrogen and oxygen atoms in total. The Bertz CT molecular complexity index is 818. The highest BCUT2D eigenvalue weighted by molar-refractivity contribution is 7.16. The first kappa shape index (κ1) is 20.2. The van der Waals surface area contributed by atoms with Crippen LogP contribution in [-0.4, -0.2) is 13.5 Å². The molecule has 148 valence electrons. The highest BCUT2D eigenvalue weighted by Crippen LogP contribution is 2.35. The van der Waals surface area contributed by atoms with E-state index in [1.165, 1.54) is 52.9 Å². The standard InChI is InChI=1S/C27H29ClSi/c1-22(27(28)23-14-6-2-7-15-23)29(24-16-8-3-9-17-24,25-18-10-4-11-19-25)26-20-12-5-13-21-26/h3-5,8-13,16-21,23,27H,1-2,6-7,14-15H2. The van der Waals surface area contributed by atoms with Gasteiger partial charge in [0.05, 0.1) is 5.38 Å². The molecule has 1 atom stereocenters. The molecule has 3 aromatic carbocycles. The maximum atomic E-state index is 7.28. The summed E-state index contributed by atoms with van der Waals surface area (Å²) in [6.07, 6.45) is 6.35. The van der Waals surface area contributed by atoms with Crippen LogP contribution in [0.1, 0.15) is 32.1 Å². The summed E-state index contributed by atoms with van der Waals surface area (Å²) in [5, 5.41) is 5.33. The Morgan fingerprint density at radius 2 is 1.07 bits per heavy atom. The zero-order valence-corrected chi connectivity index (χ0v) is 18.7. The lowest BCUT2D eigenvalue weighted by molar-refractivity contribution is 0.363. The van der Waals surface area contributed by atoms with Crippen molar-refractivity contribution < 1.29 is 0 Å². The summed E-state index contributed by atoms with van der Waals surface area (Å²) < 4.78 is 0. The molecule has 3 aromatic rings. The number of alkyl halides is 1. The van der Waals surface area contributed by atoms with Crippen molar-refractivity contribution in [3.8, 4) is 0 Å². The highest BCUT2D eigenvalue weighted by atomic mass is 35.5. The summed E-state index contributed by atoms with van der Waals surface area (Å²) in [5.74, 6) is 0.529. The van der Waals surface area contributed by atoms with E-state index >= 15 is 0 Å². The van der Waals surface area contributed by atoms with Gasteiger partial charge >= 0.3 is 0 Å². The van der Waals surface area contributed by atoms with Gasteiger partial charge in [-0.15, -0.1) is 18.2 Å². The molecule has 0 spiro atoms. The van der Waals surface area contributed by atoms with Gasteiger partial charge in [-0.25, -0.2) is 0 Å². The van der Waals surface area contributed by atoms with Crippen LogP contribution in [0.2, 0.25) is 0 Å². The predicted molar refractivity (Wildman–Crippen MR) is 129 cm³/mol. The fraction of sp³-hybridized carbons (Fsp3) is 0.259. The van der Waals surface area contributed by atoms with Crippen molar-refractivity contribution in [1.29, 1.82) is 0 Å². The Morgan fingerprint density at radius 1 is 0.690 bits per heavy atom. The molecular weight excluding hydrogens is 388 g/mol. The second-order valence-corrected chi connectivity index (χ2v) is 12.5. The summed E-state index contributed by atoms with van der Waals surface area (Å²) in [6, 6.07) is 32.9. The molecule has 0 amide bonds. The lowest BCUT2D eigenvalue weighted by Gasteiger charge is -2.40. The molecule has 0 N–H and O–H groups in total. The first-order valence-corrected chi connectivity index (χ1v) is 13.2. The lowest BCUT2D eigenvalue weighted by Crippen LogP contribution is -2.70. The number of halogens is 1. The first-order chi connectivity index (χ1) is 14.2. The Balaban J connectivity index is 1.93. The van der Waals surface area contributed by atoms with Crippen LogP contribution in [0.15, 0.2) is 103 Å². The van der Waals surface area contributed by atoms with Crippen LogP contribution in [0.4, 0.5) is 0 Å². The maximum absolute atomic E-state index is 7.28. The second kappa shape index (κ2) is 9.15. The average Bonchev–Trinajstić information content (AvgIpc) is 2.82. The van der Waals surface area contributed by atoms with Gasteiger partial charge in [-0.2, -0.15) is 0 Å². The van der Waals surface area contributed by atoms with Crippen molar-refractivity contribution in [2.24, 2.45) is 5.92 Å². The van der Waals surface area contributed by atoms with Gasteiger partial charge in [0, 0.05) is 0 Å². The molecule has 1 saturated carbocycles. The van der Waals surface area contributed by atoms with Crippen molar-refractivity contribution in [3.63, 3.8) is 0 Å². The van der Waals surface area contributed by atoms with E-state index in [0.29, 0.717) is 5.92 Å². The number of allylic oxidation sites excluding steroid dienone is 1. The average molecular weight is 417 g/mol. The Morgan fingerprint density at radius 3 is 1.45 bits per heavy atom. The topological polar surface area (TPSA) is 0 Å². The Hall–Kier alpha value is -2.09. The van der Waals surface area contributed by atoms with Crippen molar-refractivity contribution in [3.05, 3.63) is 103 Å². The predicted octanol–water partition coefficient (Wildman–Crippen LogP) is 5.44. The van der Waals surface area contributed by atoms with E-state index in [2.05, 4.69) is 91.0 Å². The molecule has 0 saturated heterocycles. The monoisotopic (exact) mass is 416 g/mol. The first-order valence-electron chi connectivity index (χ1n) is 10.7. The van der Waals surface area contributed by atoms with Gasteiger partial charge in [0.15, 0.2) is 8.07 Å². The quantitative estimate of drug-likeness (QED) is 0.285. The van der Waals surface area contributed by atoms with E-state index in [0.717, 1.165) is 0 Å². The maximum Gasteiger partial charge on any atom is 0.176 e. The normalized spacial score (nSPS) is 16.3. The minimum atomic E-state index is -2.50. The zero-order valence-electron chi connectivity index (χ0n) is 16.9. The molecular formula is C27H29ClSi. The van der Waals surface area contributed by atoms with Gasteiger partial charge in [0.2, 0.25) is 0 Å². The van der Waals surface area contributed by atoms with Crippen LogP contribution in [-0.2, 0) is 0 Å². The molecule has 29 heavy (non-hydrogen) atoms. The fourth-order valence-electron chi connectivity index (χ4n) is 5.04. The molecule has 1 fully saturated rings.